The average molecular weight is 255 g/mol. The van der Waals surface area contributed by atoms with E-state index in [0.717, 1.165) is 50.5 Å². The zero-order chi connectivity index (χ0) is 12.3. The van der Waals surface area contributed by atoms with Crippen LogP contribution >= 0.6 is 11.6 Å². The van der Waals surface area contributed by atoms with Crippen molar-refractivity contribution >= 4 is 17.4 Å². The molecule has 0 amide bonds. The summed E-state index contributed by atoms with van der Waals surface area (Å²) in [7, 11) is 0. The Hall–Kier alpha value is -0.870. The van der Waals surface area contributed by atoms with Gasteiger partial charge in [-0.1, -0.05) is 25.4 Å². The summed E-state index contributed by atoms with van der Waals surface area (Å²) < 4.78 is 0. The standard InChI is InChI=1S/C12H19ClN4/c1-3-10-11(13)14-9-15-12(10)17-7-5-16(4-2)6-8-17/h9H,3-8H2,1-2H3. The molecule has 0 aromatic carbocycles. The molecule has 0 radical (unpaired) electrons. The first-order valence-corrected chi connectivity index (χ1v) is 6.60. The first-order valence-electron chi connectivity index (χ1n) is 6.23. The fraction of sp³-hybridized carbons (Fsp3) is 0.667. The molecule has 0 N–H and O–H groups in total. The van der Waals surface area contributed by atoms with Gasteiger partial charge in [0.05, 0.1) is 0 Å². The third kappa shape index (κ3) is 2.69. The van der Waals surface area contributed by atoms with E-state index in [1.165, 1.54) is 0 Å². The highest BCUT2D eigenvalue weighted by atomic mass is 35.5. The molecule has 0 atom stereocenters. The third-order valence-electron chi connectivity index (χ3n) is 3.34. The molecule has 2 heterocycles. The van der Waals surface area contributed by atoms with Crippen molar-refractivity contribution in [1.82, 2.24) is 14.9 Å². The second-order valence-corrected chi connectivity index (χ2v) is 4.60. The number of piperazine rings is 1. The summed E-state index contributed by atoms with van der Waals surface area (Å²) in [6.07, 6.45) is 2.44. The van der Waals surface area contributed by atoms with E-state index in [4.69, 9.17) is 11.6 Å². The van der Waals surface area contributed by atoms with E-state index in [1.54, 1.807) is 6.33 Å². The van der Waals surface area contributed by atoms with E-state index in [1.807, 2.05) is 0 Å². The second kappa shape index (κ2) is 5.65. The lowest BCUT2D eigenvalue weighted by atomic mass is 10.2. The molecule has 0 unspecified atom stereocenters. The number of anilines is 1. The summed E-state index contributed by atoms with van der Waals surface area (Å²) in [5.74, 6) is 1.02. The minimum absolute atomic E-state index is 0.593. The molecule has 1 aliphatic rings. The Labute approximate surface area is 108 Å². The van der Waals surface area contributed by atoms with E-state index in [0.29, 0.717) is 5.15 Å². The Balaban J connectivity index is 2.15. The van der Waals surface area contributed by atoms with Gasteiger partial charge in [0.1, 0.15) is 17.3 Å². The van der Waals surface area contributed by atoms with Crippen LogP contribution in [-0.2, 0) is 6.42 Å². The van der Waals surface area contributed by atoms with Crippen LogP contribution < -0.4 is 4.90 Å². The molecule has 1 aromatic heterocycles. The van der Waals surface area contributed by atoms with Gasteiger partial charge in [-0.15, -0.1) is 0 Å². The summed E-state index contributed by atoms with van der Waals surface area (Å²) in [4.78, 5) is 13.2. The van der Waals surface area contributed by atoms with Crippen molar-refractivity contribution in [2.24, 2.45) is 0 Å². The van der Waals surface area contributed by atoms with Gasteiger partial charge in [-0.05, 0) is 13.0 Å². The molecular formula is C12H19ClN4. The van der Waals surface area contributed by atoms with Gasteiger partial charge in [0, 0.05) is 31.7 Å². The lowest BCUT2D eigenvalue weighted by Crippen LogP contribution is -2.46. The lowest BCUT2D eigenvalue weighted by Gasteiger charge is -2.35. The Morgan fingerprint density at radius 3 is 2.47 bits per heavy atom. The molecule has 1 aromatic rings. The number of nitrogens with zero attached hydrogens (tertiary/aromatic N) is 4. The van der Waals surface area contributed by atoms with Gasteiger partial charge in [-0.25, -0.2) is 9.97 Å². The van der Waals surface area contributed by atoms with Crippen molar-refractivity contribution in [1.29, 1.82) is 0 Å². The highest BCUT2D eigenvalue weighted by Crippen LogP contribution is 2.24. The minimum atomic E-state index is 0.593. The first-order chi connectivity index (χ1) is 8.26. The lowest BCUT2D eigenvalue weighted by molar-refractivity contribution is 0.270. The van der Waals surface area contributed by atoms with Crippen molar-refractivity contribution in [2.45, 2.75) is 20.3 Å². The molecule has 0 bridgehead atoms. The van der Waals surface area contributed by atoms with Crippen LogP contribution in [0, 0.1) is 0 Å². The summed E-state index contributed by atoms with van der Waals surface area (Å²) in [6, 6.07) is 0. The van der Waals surface area contributed by atoms with Gasteiger partial charge in [0.25, 0.3) is 0 Å². The molecule has 94 valence electrons. The van der Waals surface area contributed by atoms with Gasteiger partial charge >= 0.3 is 0 Å². The number of aromatic nitrogens is 2. The largest absolute Gasteiger partial charge is 0.354 e. The first kappa shape index (κ1) is 12.6. The highest BCUT2D eigenvalue weighted by molar-refractivity contribution is 6.30. The van der Waals surface area contributed by atoms with E-state index in [-0.39, 0.29) is 0 Å². The smallest absolute Gasteiger partial charge is 0.137 e. The van der Waals surface area contributed by atoms with Gasteiger partial charge in [-0.2, -0.15) is 0 Å². The number of rotatable bonds is 3. The fourth-order valence-corrected chi connectivity index (χ4v) is 2.50. The summed E-state index contributed by atoms with van der Waals surface area (Å²) in [6.45, 7) is 9.66. The maximum Gasteiger partial charge on any atom is 0.137 e. The van der Waals surface area contributed by atoms with Crippen molar-refractivity contribution in [3.05, 3.63) is 17.0 Å². The number of halogens is 1. The topological polar surface area (TPSA) is 32.3 Å². The minimum Gasteiger partial charge on any atom is -0.354 e. The van der Waals surface area contributed by atoms with E-state index >= 15 is 0 Å². The van der Waals surface area contributed by atoms with Crippen LogP contribution in [0.25, 0.3) is 0 Å². The Kier molecular flexibility index (Phi) is 4.18. The van der Waals surface area contributed by atoms with Gasteiger partial charge in [0.15, 0.2) is 0 Å². The van der Waals surface area contributed by atoms with Gasteiger partial charge in [0.2, 0.25) is 0 Å². The second-order valence-electron chi connectivity index (χ2n) is 4.24. The van der Waals surface area contributed by atoms with E-state index < -0.39 is 0 Å². The number of hydrogen-bond acceptors (Lipinski definition) is 4. The Morgan fingerprint density at radius 2 is 1.88 bits per heavy atom. The van der Waals surface area contributed by atoms with Crippen LogP contribution in [0.2, 0.25) is 5.15 Å². The van der Waals surface area contributed by atoms with Crippen molar-refractivity contribution in [3.63, 3.8) is 0 Å². The van der Waals surface area contributed by atoms with Crippen LogP contribution in [-0.4, -0.2) is 47.6 Å². The molecule has 0 spiro atoms. The van der Waals surface area contributed by atoms with Crippen molar-refractivity contribution in [3.8, 4) is 0 Å². The maximum atomic E-state index is 6.12. The molecular weight excluding hydrogens is 236 g/mol. The quantitative estimate of drug-likeness (QED) is 0.771. The molecule has 5 heteroatoms. The fourth-order valence-electron chi connectivity index (χ4n) is 2.23. The Morgan fingerprint density at radius 1 is 1.18 bits per heavy atom. The van der Waals surface area contributed by atoms with Crippen LogP contribution in [0.3, 0.4) is 0 Å². The maximum absolute atomic E-state index is 6.12. The molecule has 1 fully saturated rings. The molecule has 2 rings (SSSR count). The van der Waals surface area contributed by atoms with Crippen LogP contribution in [0.1, 0.15) is 19.4 Å². The molecule has 4 nitrogen and oxygen atoms in total. The van der Waals surface area contributed by atoms with Crippen LogP contribution in [0.5, 0.6) is 0 Å². The monoisotopic (exact) mass is 254 g/mol. The zero-order valence-corrected chi connectivity index (χ0v) is 11.2. The predicted molar refractivity (Wildman–Crippen MR) is 70.7 cm³/mol. The zero-order valence-electron chi connectivity index (χ0n) is 10.5. The molecule has 17 heavy (non-hydrogen) atoms. The van der Waals surface area contributed by atoms with Crippen molar-refractivity contribution in [2.75, 3.05) is 37.6 Å². The number of likely N-dealkylation sites (N-methyl/N-ethyl adjacent to an activating group) is 1. The van der Waals surface area contributed by atoms with E-state index in [2.05, 4.69) is 33.6 Å². The third-order valence-corrected chi connectivity index (χ3v) is 3.67. The van der Waals surface area contributed by atoms with Crippen LogP contribution in [0.15, 0.2) is 6.33 Å². The molecule has 1 aliphatic heterocycles. The Bertz CT molecular complexity index is 375. The van der Waals surface area contributed by atoms with Gasteiger partial charge < -0.3 is 9.80 Å². The van der Waals surface area contributed by atoms with Crippen LogP contribution in [0.4, 0.5) is 5.82 Å². The molecule has 0 saturated carbocycles. The van der Waals surface area contributed by atoms with Crippen molar-refractivity contribution < 1.29 is 0 Å². The molecule has 1 saturated heterocycles. The summed E-state index contributed by atoms with van der Waals surface area (Å²) in [5, 5.41) is 0.593. The highest BCUT2D eigenvalue weighted by Gasteiger charge is 2.20. The van der Waals surface area contributed by atoms with E-state index in [9.17, 15) is 0 Å². The normalized spacial score (nSPS) is 17.5. The SMILES string of the molecule is CCc1c(Cl)ncnc1N1CCN(CC)CC1. The average Bonchev–Trinajstić information content (AvgIpc) is 2.38. The predicted octanol–water partition coefficient (Wildman–Crippen LogP) is 1.83. The van der Waals surface area contributed by atoms with Gasteiger partial charge in [-0.3, -0.25) is 0 Å². The molecule has 0 aliphatic carbocycles. The summed E-state index contributed by atoms with van der Waals surface area (Å²) >= 11 is 6.12. The number of hydrogen-bond donors (Lipinski definition) is 0. The summed E-state index contributed by atoms with van der Waals surface area (Å²) in [5.41, 5.74) is 1.07.